The molecule has 1 aliphatic carbocycles. The van der Waals surface area contributed by atoms with E-state index in [2.05, 4.69) is 29.2 Å². The molecule has 0 saturated heterocycles. The summed E-state index contributed by atoms with van der Waals surface area (Å²) in [6.07, 6.45) is 6.48. The largest absolute Gasteiger partial charge is 0.329 e. The minimum Gasteiger partial charge on any atom is -0.329 e. The molecule has 6 nitrogen and oxygen atoms in total. The highest BCUT2D eigenvalue weighted by Gasteiger charge is 2.42. The second-order valence-corrected chi connectivity index (χ2v) is 5.81. The molecular weight excluding hydrogens is 266 g/mol. The van der Waals surface area contributed by atoms with Gasteiger partial charge in [-0.2, -0.15) is 5.10 Å². The molecule has 0 bridgehead atoms. The number of nitrogens with zero attached hydrogens (tertiary/aromatic N) is 3. The second-order valence-electron chi connectivity index (χ2n) is 5.81. The van der Waals surface area contributed by atoms with E-state index in [0.29, 0.717) is 6.54 Å². The molecule has 0 atom stereocenters. The van der Waals surface area contributed by atoms with Crippen LogP contribution < -0.4 is 11.1 Å². The molecule has 0 spiro atoms. The molecule has 3 N–H and O–H groups in total. The van der Waals surface area contributed by atoms with Crippen LogP contribution in [0.3, 0.4) is 0 Å². The van der Waals surface area contributed by atoms with E-state index in [1.54, 1.807) is 6.20 Å². The molecule has 118 valence electrons. The molecule has 1 aromatic heterocycles. The first-order valence-electron chi connectivity index (χ1n) is 7.90. The van der Waals surface area contributed by atoms with Crippen LogP contribution in [-0.4, -0.2) is 46.8 Å². The number of likely N-dealkylation sites (N-methyl/N-ethyl adjacent to an activating group) is 1. The molecule has 1 amide bonds. The monoisotopic (exact) mass is 293 g/mol. The molecule has 1 aliphatic rings. The van der Waals surface area contributed by atoms with Gasteiger partial charge >= 0.3 is 0 Å². The SMILES string of the molecule is CCN(CC)CCn1cc(NC(=O)C2(CN)CCC2)cn1. The highest BCUT2D eigenvalue weighted by Crippen LogP contribution is 2.40. The van der Waals surface area contributed by atoms with Crippen molar-refractivity contribution >= 4 is 11.6 Å². The summed E-state index contributed by atoms with van der Waals surface area (Å²) in [5.74, 6) is 0.0412. The highest BCUT2D eigenvalue weighted by molar-refractivity contribution is 5.95. The standard InChI is InChI=1S/C15H27N5O/c1-3-19(4-2)8-9-20-11-13(10-17-20)18-14(21)15(12-16)6-5-7-15/h10-11H,3-9,12,16H2,1-2H3,(H,18,21). The summed E-state index contributed by atoms with van der Waals surface area (Å²) < 4.78 is 1.88. The molecule has 21 heavy (non-hydrogen) atoms. The lowest BCUT2D eigenvalue weighted by atomic mass is 9.68. The maximum atomic E-state index is 12.3. The summed E-state index contributed by atoms with van der Waals surface area (Å²) in [7, 11) is 0. The number of rotatable bonds is 8. The molecule has 1 heterocycles. The molecule has 0 unspecified atom stereocenters. The van der Waals surface area contributed by atoms with Gasteiger partial charge in [0.25, 0.3) is 0 Å². The minimum absolute atomic E-state index is 0.0412. The van der Waals surface area contributed by atoms with Crippen LogP contribution >= 0.6 is 0 Å². The van der Waals surface area contributed by atoms with Crippen LogP contribution in [0.1, 0.15) is 33.1 Å². The number of carbonyl (C=O) groups excluding carboxylic acids is 1. The van der Waals surface area contributed by atoms with Crippen molar-refractivity contribution in [2.75, 3.05) is 31.5 Å². The number of nitrogens with two attached hydrogens (primary N) is 1. The van der Waals surface area contributed by atoms with Crippen LogP contribution in [0, 0.1) is 5.41 Å². The van der Waals surface area contributed by atoms with Crippen LogP contribution in [0.25, 0.3) is 0 Å². The first kappa shape index (κ1) is 16.0. The van der Waals surface area contributed by atoms with Crippen molar-refractivity contribution in [2.45, 2.75) is 39.7 Å². The Morgan fingerprint density at radius 3 is 2.71 bits per heavy atom. The van der Waals surface area contributed by atoms with Gasteiger partial charge in [-0.25, -0.2) is 0 Å². The van der Waals surface area contributed by atoms with Gasteiger partial charge in [0.05, 0.1) is 23.8 Å². The molecule has 0 aromatic carbocycles. The molecule has 2 rings (SSSR count). The lowest BCUT2D eigenvalue weighted by Crippen LogP contribution is -2.47. The van der Waals surface area contributed by atoms with Crippen LogP contribution in [0.5, 0.6) is 0 Å². The molecule has 1 aromatic rings. The van der Waals surface area contributed by atoms with E-state index >= 15 is 0 Å². The average Bonchev–Trinajstić information content (AvgIpc) is 2.87. The average molecular weight is 293 g/mol. The number of aromatic nitrogens is 2. The van der Waals surface area contributed by atoms with Crippen molar-refractivity contribution < 1.29 is 4.79 Å². The van der Waals surface area contributed by atoms with Crippen LogP contribution in [0.4, 0.5) is 5.69 Å². The van der Waals surface area contributed by atoms with E-state index in [0.717, 1.165) is 51.1 Å². The van der Waals surface area contributed by atoms with E-state index in [-0.39, 0.29) is 11.3 Å². The number of carbonyl (C=O) groups is 1. The third-order valence-electron chi connectivity index (χ3n) is 4.61. The molecule has 1 saturated carbocycles. The van der Waals surface area contributed by atoms with Crippen molar-refractivity contribution in [3.05, 3.63) is 12.4 Å². The summed E-state index contributed by atoms with van der Waals surface area (Å²) in [6.45, 7) is 8.62. The Bertz CT molecular complexity index is 457. The van der Waals surface area contributed by atoms with Crippen molar-refractivity contribution in [1.82, 2.24) is 14.7 Å². The van der Waals surface area contributed by atoms with E-state index in [9.17, 15) is 4.79 Å². The van der Waals surface area contributed by atoms with Gasteiger partial charge in [0, 0.05) is 19.3 Å². The van der Waals surface area contributed by atoms with Gasteiger partial charge in [-0.3, -0.25) is 9.48 Å². The quantitative estimate of drug-likeness (QED) is 0.757. The Hall–Kier alpha value is -1.40. The van der Waals surface area contributed by atoms with Gasteiger partial charge in [0.2, 0.25) is 5.91 Å². The number of hydrogen-bond acceptors (Lipinski definition) is 4. The van der Waals surface area contributed by atoms with Gasteiger partial charge in [-0.15, -0.1) is 0 Å². The third-order valence-corrected chi connectivity index (χ3v) is 4.61. The molecule has 0 radical (unpaired) electrons. The van der Waals surface area contributed by atoms with Gasteiger partial charge in [0.1, 0.15) is 0 Å². The van der Waals surface area contributed by atoms with Crippen molar-refractivity contribution in [1.29, 1.82) is 0 Å². The first-order chi connectivity index (χ1) is 10.1. The van der Waals surface area contributed by atoms with Crippen molar-refractivity contribution in [3.63, 3.8) is 0 Å². The van der Waals surface area contributed by atoms with Gasteiger partial charge in [0.15, 0.2) is 0 Å². The topological polar surface area (TPSA) is 76.2 Å². The number of anilines is 1. The summed E-state index contributed by atoms with van der Waals surface area (Å²) in [5.41, 5.74) is 6.17. The maximum absolute atomic E-state index is 12.3. The van der Waals surface area contributed by atoms with E-state index < -0.39 is 0 Å². The Balaban J connectivity index is 1.87. The molecule has 0 aliphatic heterocycles. The fourth-order valence-corrected chi connectivity index (χ4v) is 2.73. The zero-order chi connectivity index (χ0) is 15.3. The lowest BCUT2D eigenvalue weighted by Gasteiger charge is -2.38. The molecule has 1 fully saturated rings. The number of nitrogens with one attached hydrogen (secondary N) is 1. The van der Waals surface area contributed by atoms with Gasteiger partial charge in [-0.05, 0) is 25.9 Å². The predicted octanol–water partition coefficient (Wildman–Crippen LogP) is 1.29. The summed E-state index contributed by atoms with van der Waals surface area (Å²) in [6, 6.07) is 0. The summed E-state index contributed by atoms with van der Waals surface area (Å²) in [5, 5.41) is 7.26. The smallest absolute Gasteiger partial charge is 0.231 e. The van der Waals surface area contributed by atoms with E-state index in [1.165, 1.54) is 0 Å². The van der Waals surface area contributed by atoms with Crippen LogP contribution in [0.2, 0.25) is 0 Å². The zero-order valence-corrected chi connectivity index (χ0v) is 13.1. The Labute approximate surface area is 126 Å². The summed E-state index contributed by atoms with van der Waals surface area (Å²) >= 11 is 0. The molecular formula is C15H27N5O. The predicted molar refractivity (Wildman–Crippen MR) is 84.0 cm³/mol. The second kappa shape index (κ2) is 7.04. The fraction of sp³-hybridized carbons (Fsp3) is 0.733. The minimum atomic E-state index is -0.344. The van der Waals surface area contributed by atoms with Crippen molar-refractivity contribution in [2.24, 2.45) is 11.1 Å². The third kappa shape index (κ3) is 3.63. The van der Waals surface area contributed by atoms with E-state index in [1.807, 2.05) is 10.9 Å². The Morgan fingerprint density at radius 1 is 1.48 bits per heavy atom. The maximum Gasteiger partial charge on any atom is 0.231 e. The first-order valence-corrected chi connectivity index (χ1v) is 7.90. The number of hydrogen-bond donors (Lipinski definition) is 2. The van der Waals surface area contributed by atoms with Crippen LogP contribution in [0.15, 0.2) is 12.4 Å². The normalized spacial score (nSPS) is 16.8. The summed E-state index contributed by atoms with van der Waals surface area (Å²) in [4.78, 5) is 14.6. The Morgan fingerprint density at radius 2 is 2.19 bits per heavy atom. The fourth-order valence-electron chi connectivity index (χ4n) is 2.73. The lowest BCUT2D eigenvalue weighted by molar-refractivity contribution is -0.129. The Kier molecular flexibility index (Phi) is 5.36. The van der Waals surface area contributed by atoms with Crippen LogP contribution in [-0.2, 0) is 11.3 Å². The van der Waals surface area contributed by atoms with Gasteiger partial charge < -0.3 is 16.0 Å². The number of amides is 1. The van der Waals surface area contributed by atoms with Crippen molar-refractivity contribution in [3.8, 4) is 0 Å². The van der Waals surface area contributed by atoms with Gasteiger partial charge in [-0.1, -0.05) is 20.3 Å². The van der Waals surface area contributed by atoms with E-state index in [4.69, 9.17) is 5.73 Å². The highest BCUT2D eigenvalue weighted by atomic mass is 16.2. The zero-order valence-electron chi connectivity index (χ0n) is 13.1. The molecule has 6 heteroatoms.